The van der Waals surface area contributed by atoms with Crippen LogP contribution in [0.4, 0.5) is 10.1 Å². The molecular formula is C19H19FN2O5. The second-order valence-corrected chi connectivity index (χ2v) is 6.10. The fourth-order valence-electron chi connectivity index (χ4n) is 2.54. The van der Waals surface area contributed by atoms with Crippen molar-refractivity contribution in [3.8, 4) is 0 Å². The zero-order valence-electron chi connectivity index (χ0n) is 14.8. The Bertz CT molecular complexity index is 853. The summed E-state index contributed by atoms with van der Waals surface area (Å²) >= 11 is 0. The standard InChI is InChI=1S/C19H19FN2O5/c1-12(2)27-18(23)11-16(15-8-3-4-9-17(15)22(25)26)21-19(24)13-6-5-7-14(20)10-13/h3-10,12,16H,11H2,1-2H3,(H,21,24). The van der Waals surface area contributed by atoms with Crippen molar-refractivity contribution in [1.82, 2.24) is 5.32 Å². The predicted molar refractivity (Wildman–Crippen MR) is 95.5 cm³/mol. The third-order valence-electron chi connectivity index (χ3n) is 3.64. The minimum Gasteiger partial charge on any atom is -0.463 e. The Balaban J connectivity index is 2.34. The first-order chi connectivity index (χ1) is 12.8. The molecule has 0 aliphatic heterocycles. The topological polar surface area (TPSA) is 98.5 Å². The lowest BCUT2D eigenvalue weighted by atomic mass is 10.0. The SMILES string of the molecule is CC(C)OC(=O)CC(NC(=O)c1cccc(F)c1)c1ccccc1[N+](=O)[O-]. The molecule has 142 valence electrons. The van der Waals surface area contributed by atoms with Crippen LogP contribution in [-0.2, 0) is 9.53 Å². The van der Waals surface area contributed by atoms with Crippen LogP contribution in [-0.4, -0.2) is 22.9 Å². The molecule has 2 aromatic carbocycles. The number of rotatable bonds is 7. The monoisotopic (exact) mass is 374 g/mol. The quantitative estimate of drug-likeness (QED) is 0.454. The minimum absolute atomic E-state index is 0.0378. The smallest absolute Gasteiger partial charge is 0.308 e. The number of halogens is 1. The summed E-state index contributed by atoms with van der Waals surface area (Å²) < 4.78 is 18.5. The van der Waals surface area contributed by atoms with Crippen molar-refractivity contribution in [2.75, 3.05) is 0 Å². The largest absolute Gasteiger partial charge is 0.463 e. The average molecular weight is 374 g/mol. The van der Waals surface area contributed by atoms with Gasteiger partial charge in [0, 0.05) is 11.6 Å². The molecule has 0 aliphatic carbocycles. The molecule has 0 spiro atoms. The van der Waals surface area contributed by atoms with E-state index in [1.807, 2.05) is 0 Å². The molecule has 1 amide bonds. The Morgan fingerprint density at radius 3 is 2.52 bits per heavy atom. The van der Waals surface area contributed by atoms with Crippen molar-refractivity contribution in [3.63, 3.8) is 0 Å². The summed E-state index contributed by atoms with van der Waals surface area (Å²) in [7, 11) is 0. The van der Waals surface area contributed by atoms with Crippen LogP contribution in [0.15, 0.2) is 48.5 Å². The molecule has 27 heavy (non-hydrogen) atoms. The van der Waals surface area contributed by atoms with Crippen LogP contribution in [0.3, 0.4) is 0 Å². The Hall–Kier alpha value is -3.29. The van der Waals surface area contributed by atoms with Crippen LogP contribution < -0.4 is 5.32 Å². The number of ether oxygens (including phenoxy) is 1. The fourth-order valence-corrected chi connectivity index (χ4v) is 2.54. The second kappa shape index (κ2) is 8.88. The van der Waals surface area contributed by atoms with Crippen LogP contribution in [0.1, 0.15) is 42.2 Å². The number of benzene rings is 2. The first kappa shape index (κ1) is 20.0. The molecule has 0 saturated heterocycles. The van der Waals surface area contributed by atoms with E-state index >= 15 is 0 Å². The molecule has 1 N–H and O–H groups in total. The van der Waals surface area contributed by atoms with Gasteiger partial charge in [0.05, 0.1) is 29.1 Å². The molecule has 1 atom stereocenters. The first-order valence-corrected chi connectivity index (χ1v) is 8.27. The molecule has 0 aromatic heterocycles. The number of hydrogen-bond donors (Lipinski definition) is 1. The molecule has 0 bridgehead atoms. The van der Waals surface area contributed by atoms with Crippen LogP contribution >= 0.6 is 0 Å². The lowest BCUT2D eigenvalue weighted by molar-refractivity contribution is -0.385. The lowest BCUT2D eigenvalue weighted by Crippen LogP contribution is -2.31. The van der Waals surface area contributed by atoms with Crippen LogP contribution in [0.5, 0.6) is 0 Å². The van der Waals surface area contributed by atoms with E-state index in [0.29, 0.717) is 0 Å². The summed E-state index contributed by atoms with van der Waals surface area (Å²) in [5.41, 5.74) is -0.0387. The molecule has 0 fully saturated rings. The summed E-state index contributed by atoms with van der Waals surface area (Å²) in [5.74, 6) is -1.87. The molecular weight excluding hydrogens is 355 g/mol. The van der Waals surface area contributed by atoms with E-state index in [2.05, 4.69) is 5.32 Å². The maximum atomic E-state index is 13.4. The van der Waals surface area contributed by atoms with E-state index in [0.717, 1.165) is 6.07 Å². The summed E-state index contributed by atoms with van der Waals surface area (Å²) in [6.07, 6.45) is -0.674. The first-order valence-electron chi connectivity index (χ1n) is 8.27. The third-order valence-corrected chi connectivity index (χ3v) is 3.64. The highest BCUT2D eigenvalue weighted by atomic mass is 19.1. The molecule has 0 aliphatic rings. The number of carbonyl (C=O) groups is 2. The van der Waals surface area contributed by atoms with Gasteiger partial charge in [0.15, 0.2) is 0 Å². The lowest BCUT2D eigenvalue weighted by Gasteiger charge is -2.19. The Morgan fingerprint density at radius 2 is 1.89 bits per heavy atom. The van der Waals surface area contributed by atoms with Gasteiger partial charge in [-0.3, -0.25) is 19.7 Å². The maximum absolute atomic E-state index is 13.4. The van der Waals surface area contributed by atoms with E-state index in [1.165, 1.54) is 36.4 Å². The van der Waals surface area contributed by atoms with Crippen molar-refractivity contribution in [1.29, 1.82) is 0 Å². The van der Waals surface area contributed by atoms with Crippen molar-refractivity contribution in [3.05, 3.63) is 75.6 Å². The number of para-hydroxylation sites is 1. The number of nitrogens with one attached hydrogen (secondary N) is 1. The van der Waals surface area contributed by atoms with Crippen LogP contribution in [0.25, 0.3) is 0 Å². The van der Waals surface area contributed by atoms with Gasteiger partial charge in [-0.2, -0.15) is 0 Å². The van der Waals surface area contributed by atoms with Gasteiger partial charge in [0.1, 0.15) is 5.82 Å². The van der Waals surface area contributed by atoms with Crippen LogP contribution in [0, 0.1) is 15.9 Å². The molecule has 8 heteroatoms. The van der Waals surface area contributed by atoms with E-state index in [9.17, 15) is 24.1 Å². The highest BCUT2D eigenvalue weighted by molar-refractivity contribution is 5.94. The number of nitro groups is 1. The number of carbonyl (C=O) groups excluding carboxylic acids is 2. The van der Waals surface area contributed by atoms with Gasteiger partial charge in [-0.15, -0.1) is 0 Å². The zero-order valence-corrected chi connectivity index (χ0v) is 14.8. The number of amides is 1. The van der Waals surface area contributed by atoms with Gasteiger partial charge in [0.2, 0.25) is 0 Å². The third kappa shape index (κ3) is 5.60. The highest BCUT2D eigenvalue weighted by Crippen LogP contribution is 2.28. The zero-order chi connectivity index (χ0) is 20.0. The second-order valence-electron chi connectivity index (χ2n) is 6.10. The number of hydrogen-bond acceptors (Lipinski definition) is 5. The van der Waals surface area contributed by atoms with Gasteiger partial charge >= 0.3 is 5.97 Å². The van der Waals surface area contributed by atoms with E-state index in [-0.39, 0.29) is 29.3 Å². The molecule has 2 rings (SSSR count). The molecule has 2 aromatic rings. The van der Waals surface area contributed by atoms with Gasteiger partial charge in [-0.05, 0) is 32.0 Å². The Kier molecular flexibility index (Phi) is 6.59. The molecule has 0 radical (unpaired) electrons. The van der Waals surface area contributed by atoms with Crippen molar-refractivity contribution in [2.24, 2.45) is 0 Å². The van der Waals surface area contributed by atoms with Gasteiger partial charge in [-0.1, -0.05) is 24.3 Å². The Morgan fingerprint density at radius 1 is 1.19 bits per heavy atom. The number of esters is 1. The maximum Gasteiger partial charge on any atom is 0.308 e. The molecule has 0 saturated carbocycles. The highest BCUT2D eigenvalue weighted by Gasteiger charge is 2.27. The summed E-state index contributed by atoms with van der Waals surface area (Å²) in [5, 5.41) is 13.9. The van der Waals surface area contributed by atoms with E-state index in [1.54, 1.807) is 19.9 Å². The Labute approximate surface area is 155 Å². The summed E-state index contributed by atoms with van der Waals surface area (Å²) in [4.78, 5) is 35.3. The van der Waals surface area contributed by atoms with Crippen molar-refractivity contribution >= 4 is 17.6 Å². The van der Waals surface area contributed by atoms with E-state index < -0.39 is 28.7 Å². The number of nitro benzene ring substituents is 1. The van der Waals surface area contributed by atoms with Crippen molar-refractivity contribution < 1.29 is 23.6 Å². The average Bonchev–Trinajstić information content (AvgIpc) is 2.60. The van der Waals surface area contributed by atoms with Crippen LogP contribution in [0.2, 0.25) is 0 Å². The van der Waals surface area contributed by atoms with Gasteiger partial charge < -0.3 is 10.1 Å². The predicted octanol–water partition coefficient (Wildman–Crippen LogP) is 3.55. The minimum atomic E-state index is -1.01. The molecule has 0 heterocycles. The normalized spacial score (nSPS) is 11.7. The summed E-state index contributed by atoms with van der Waals surface area (Å²) in [6, 6.07) is 9.79. The van der Waals surface area contributed by atoms with Gasteiger partial charge in [-0.25, -0.2) is 4.39 Å². The number of nitrogens with zero attached hydrogens (tertiary/aromatic N) is 1. The summed E-state index contributed by atoms with van der Waals surface area (Å²) in [6.45, 7) is 3.34. The molecule has 1 unspecified atom stereocenters. The van der Waals surface area contributed by atoms with Crippen molar-refractivity contribution in [2.45, 2.75) is 32.4 Å². The van der Waals surface area contributed by atoms with E-state index in [4.69, 9.17) is 4.74 Å². The molecule has 7 nitrogen and oxygen atoms in total. The fraction of sp³-hybridized carbons (Fsp3) is 0.263. The van der Waals surface area contributed by atoms with Gasteiger partial charge in [0.25, 0.3) is 11.6 Å².